The van der Waals surface area contributed by atoms with Crippen LogP contribution in [0.1, 0.15) is 43.1 Å². The standard InChI is InChI=1S/C17H22N2/c1-4-14-7-9-15(10-8-14)17(5-2)19-16-11-6-13(3)18-12-16/h6-12,17,19H,4-5H2,1-3H3. The third-order valence-electron chi connectivity index (χ3n) is 3.45. The summed E-state index contributed by atoms with van der Waals surface area (Å²) in [6.45, 7) is 6.39. The molecule has 1 N–H and O–H groups in total. The number of nitrogens with one attached hydrogen (secondary N) is 1. The van der Waals surface area contributed by atoms with Gasteiger partial charge in [-0.25, -0.2) is 0 Å². The van der Waals surface area contributed by atoms with Crippen molar-refractivity contribution < 1.29 is 0 Å². The highest BCUT2D eigenvalue weighted by atomic mass is 14.9. The molecule has 1 aromatic carbocycles. The minimum absolute atomic E-state index is 0.343. The van der Waals surface area contributed by atoms with Gasteiger partial charge in [0.15, 0.2) is 0 Å². The summed E-state index contributed by atoms with van der Waals surface area (Å²) < 4.78 is 0. The molecule has 19 heavy (non-hydrogen) atoms. The number of anilines is 1. The Bertz CT molecular complexity index is 500. The van der Waals surface area contributed by atoms with Crippen LogP contribution in [0.2, 0.25) is 0 Å². The highest BCUT2D eigenvalue weighted by Gasteiger charge is 2.08. The zero-order valence-corrected chi connectivity index (χ0v) is 12.0. The van der Waals surface area contributed by atoms with E-state index < -0.39 is 0 Å². The quantitative estimate of drug-likeness (QED) is 0.848. The Morgan fingerprint density at radius 1 is 1.05 bits per heavy atom. The number of nitrogens with zero attached hydrogens (tertiary/aromatic N) is 1. The van der Waals surface area contributed by atoms with Gasteiger partial charge >= 0.3 is 0 Å². The van der Waals surface area contributed by atoms with E-state index in [4.69, 9.17) is 0 Å². The van der Waals surface area contributed by atoms with Gasteiger partial charge in [0.05, 0.1) is 17.9 Å². The van der Waals surface area contributed by atoms with E-state index in [-0.39, 0.29) is 0 Å². The Kier molecular flexibility index (Phi) is 4.56. The van der Waals surface area contributed by atoms with Gasteiger partial charge < -0.3 is 5.32 Å². The Hall–Kier alpha value is -1.83. The maximum Gasteiger partial charge on any atom is 0.0531 e. The van der Waals surface area contributed by atoms with Crippen LogP contribution >= 0.6 is 0 Å². The Morgan fingerprint density at radius 3 is 2.32 bits per heavy atom. The van der Waals surface area contributed by atoms with E-state index in [0.29, 0.717) is 6.04 Å². The molecule has 1 heterocycles. The molecule has 1 atom stereocenters. The normalized spacial score (nSPS) is 12.2. The first kappa shape index (κ1) is 13.6. The summed E-state index contributed by atoms with van der Waals surface area (Å²) in [4.78, 5) is 4.33. The van der Waals surface area contributed by atoms with Crippen molar-refractivity contribution >= 4 is 5.69 Å². The van der Waals surface area contributed by atoms with E-state index in [9.17, 15) is 0 Å². The minimum atomic E-state index is 0.343. The molecule has 100 valence electrons. The van der Waals surface area contributed by atoms with Crippen molar-refractivity contribution in [3.05, 3.63) is 59.4 Å². The molecule has 0 saturated carbocycles. The third kappa shape index (κ3) is 3.57. The fourth-order valence-electron chi connectivity index (χ4n) is 2.16. The fourth-order valence-corrected chi connectivity index (χ4v) is 2.16. The SMILES string of the molecule is CCc1ccc(C(CC)Nc2ccc(C)nc2)cc1. The molecule has 0 aliphatic heterocycles. The van der Waals surface area contributed by atoms with Crippen LogP contribution < -0.4 is 5.32 Å². The molecule has 0 aliphatic carbocycles. The average molecular weight is 254 g/mol. The lowest BCUT2D eigenvalue weighted by molar-refractivity contribution is 0.748. The summed E-state index contributed by atoms with van der Waals surface area (Å²) in [5.41, 5.74) is 4.85. The number of aryl methyl sites for hydroxylation is 2. The molecule has 0 aliphatic rings. The van der Waals surface area contributed by atoms with Crippen LogP contribution in [0.25, 0.3) is 0 Å². The Balaban J connectivity index is 2.12. The number of rotatable bonds is 5. The smallest absolute Gasteiger partial charge is 0.0531 e. The van der Waals surface area contributed by atoms with Crippen LogP contribution in [0.15, 0.2) is 42.6 Å². The first-order valence-electron chi connectivity index (χ1n) is 7.01. The van der Waals surface area contributed by atoms with E-state index in [1.807, 2.05) is 19.2 Å². The molecule has 0 amide bonds. The summed E-state index contributed by atoms with van der Waals surface area (Å²) in [6.07, 6.45) is 4.05. The summed E-state index contributed by atoms with van der Waals surface area (Å²) in [6, 6.07) is 13.3. The molecule has 2 aromatic rings. The molecular formula is C17H22N2. The molecular weight excluding hydrogens is 232 g/mol. The van der Waals surface area contributed by atoms with Crippen molar-refractivity contribution in [3.8, 4) is 0 Å². The molecule has 2 rings (SSSR count). The summed E-state index contributed by atoms with van der Waals surface area (Å²) in [7, 11) is 0. The largest absolute Gasteiger partial charge is 0.377 e. The third-order valence-corrected chi connectivity index (χ3v) is 3.45. The maximum absolute atomic E-state index is 4.33. The minimum Gasteiger partial charge on any atom is -0.377 e. The highest BCUT2D eigenvalue weighted by Crippen LogP contribution is 2.22. The maximum atomic E-state index is 4.33. The summed E-state index contributed by atoms with van der Waals surface area (Å²) in [5.74, 6) is 0. The van der Waals surface area contributed by atoms with Gasteiger partial charge in [-0.05, 0) is 43.0 Å². The molecule has 2 nitrogen and oxygen atoms in total. The lowest BCUT2D eigenvalue weighted by Gasteiger charge is -2.19. The van der Waals surface area contributed by atoms with E-state index in [2.05, 4.69) is 54.5 Å². The predicted molar refractivity (Wildman–Crippen MR) is 81.4 cm³/mol. The molecule has 1 unspecified atom stereocenters. The fraction of sp³-hybridized carbons (Fsp3) is 0.353. The van der Waals surface area contributed by atoms with Gasteiger partial charge in [0.1, 0.15) is 0 Å². The molecule has 0 bridgehead atoms. The van der Waals surface area contributed by atoms with Crippen molar-refractivity contribution in [1.29, 1.82) is 0 Å². The topological polar surface area (TPSA) is 24.9 Å². The van der Waals surface area contributed by atoms with Crippen molar-refractivity contribution in [3.63, 3.8) is 0 Å². The number of aromatic nitrogens is 1. The van der Waals surface area contributed by atoms with Crippen LogP contribution in [0, 0.1) is 6.92 Å². The molecule has 2 heteroatoms. The number of hydrogen-bond acceptors (Lipinski definition) is 2. The van der Waals surface area contributed by atoms with Crippen LogP contribution in [-0.4, -0.2) is 4.98 Å². The van der Waals surface area contributed by atoms with Gasteiger partial charge in [0, 0.05) is 5.69 Å². The van der Waals surface area contributed by atoms with Gasteiger partial charge in [-0.15, -0.1) is 0 Å². The Labute approximate surface area is 115 Å². The molecule has 0 saturated heterocycles. The van der Waals surface area contributed by atoms with E-state index >= 15 is 0 Å². The summed E-state index contributed by atoms with van der Waals surface area (Å²) in [5, 5.41) is 3.55. The Morgan fingerprint density at radius 2 is 1.79 bits per heavy atom. The van der Waals surface area contributed by atoms with Crippen molar-refractivity contribution in [2.75, 3.05) is 5.32 Å². The van der Waals surface area contributed by atoms with E-state index in [0.717, 1.165) is 24.2 Å². The van der Waals surface area contributed by atoms with Crippen LogP contribution in [-0.2, 0) is 6.42 Å². The second-order valence-corrected chi connectivity index (χ2v) is 4.89. The van der Waals surface area contributed by atoms with Crippen molar-refractivity contribution in [2.24, 2.45) is 0 Å². The number of pyridine rings is 1. The van der Waals surface area contributed by atoms with Gasteiger partial charge in [-0.1, -0.05) is 38.1 Å². The second kappa shape index (κ2) is 6.37. The monoisotopic (exact) mass is 254 g/mol. The van der Waals surface area contributed by atoms with Crippen LogP contribution in [0.4, 0.5) is 5.69 Å². The molecule has 1 aromatic heterocycles. The first-order chi connectivity index (χ1) is 9.22. The van der Waals surface area contributed by atoms with E-state index in [1.165, 1.54) is 11.1 Å². The van der Waals surface area contributed by atoms with Crippen LogP contribution in [0.3, 0.4) is 0 Å². The van der Waals surface area contributed by atoms with Crippen molar-refractivity contribution in [1.82, 2.24) is 4.98 Å². The zero-order chi connectivity index (χ0) is 13.7. The average Bonchev–Trinajstić information content (AvgIpc) is 2.47. The lowest BCUT2D eigenvalue weighted by atomic mass is 10.0. The van der Waals surface area contributed by atoms with Gasteiger partial charge in [-0.2, -0.15) is 0 Å². The predicted octanol–water partition coefficient (Wildman–Crippen LogP) is 4.52. The van der Waals surface area contributed by atoms with Gasteiger partial charge in [-0.3, -0.25) is 4.98 Å². The van der Waals surface area contributed by atoms with Crippen molar-refractivity contribution in [2.45, 2.75) is 39.7 Å². The first-order valence-corrected chi connectivity index (χ1v) is 7.01. The lowest BCUT2D eigenvalue weighted by Crippen LogP contribution is -2.09. The van der Waals surface area contributed by atoms with Gasteiger partial charge in [0.2, 0.25) is 0 Å². The summed E-state index contributed by atoms with van der Waals surface area (Å²) >= 11 is 0. The van der Waals surface area contributed by atoms with Crippen LogP contribution in [0.5, 0.6) is 0 Å². The molecule has 0 fully saturated rings. The molecule has 0 spiro atoms. The number of benzene rings is 1. The molecule has 0 radical (unpaired) electrons. The zero-order valence-electron chi connectivity index (χ0n) is 12.0. The second-order valence-electron chi connectivity index (χ2n) is 4.89. The van der Waals surface area contributed by atoms with Gasteiger partial charge in [0.25, 0.3) is 0 Å². The highest BCUT2D eigenvalue weighted by molar-refractivity contribution is 5.44. The number of hydrogen-bond donors (Lipinski definition) is 1. The van der Waals surface area contributed by atoms with E-state index in [1.54, 1.807) is 0 Å².